The number of aryl methyl sites for hydroxylation is 2. The van der Waals surface area contributed by atoms with Crippen LogP contribution >= 0.6 is 34.4 Å². The minimum atomic E-state index is -0.351. The standard InChI is InChI=1S/C24H30N4O3S3/c1-6-31-23(30)20-16-9-7-8-10-18(16)34-22(20)25-19(29)12-33-24-27-26-21(28(24)13(2)3)17-11-32-15(5)14(17)4/h11,13H,6-10,12H2,1-5H3,(H,25,29). The minimum Gasteiger partial charge on any atom is -0.462 e. The lowest BCUT2D eigenvalue weighted by Gasteiger charge is -2.14. The van der Waals surface area contributed by atoms with Gasteiger partial charge in [-0.3, -0.25) is 9.36 Å². The summed E-state index contributed by atoms with van der Waals surface area (Å²) in [5.41, 5.74) is 3.88. The second kappa shape index (κ2) is 10.6. The van der Waals surface area contributed by atoms with E-state index in [0.29, 0.717) is 22.3 Å². The van der Waals surface area contributed by atoms with Crippen LogP contribution in [0.3, 0.4) is 0 Å². The van der Waals surface area contributed by atoms with E-state index in [-0.39, 0.29) is 23.7 Å². The van der Waals surface area contributed by atoms with E-state index in [4.69, 9.17) is 4.74 Å². The maximum atomic E-state index is 12.9. The number of carbonyl (C=O) groups is 2. The number of nitrogens with one attached hydrogen (secondary N) is 1. The molecule has 1 amide bonds. The number of esters is 1. The maximum Gasteiger partial charge on any atom is 0.341 e. The summed E-state index contributed by atoms with van der Waals surface area (Å²) in [4.78, 5) is 28.0. The SMILES string of the molecule is CCOC(=O)c1c(NC(=O)CSc2nnc(-c3csc(C)c3C)n2C(C)C)sc2c1CCCC2. The molecule has 10 heteroatoms. The van der Waals surface area contributed by atoms with Crippen LogP contribution in [-0.2, 0) is 22.4 Å². The molecule has 1 aliphatic carbocycles. The van der Waals surface area contributed by atoms with E-state index in [1.54, 1.807) is 18.3 Å². The second-order valence-corrected chi connectivity index (χ2v) is 11.7. The Kier molecular flexibility index (Phi) is 7.79. The number of fused-ring (bicyclic) bond motifs is 1. The van der Waals surface area contributed by atoms with Gasteiger partial charge in [0.1, 0.15) is 5.00 Å². The average Bonchev–Trinajstić information content (AvgIpc) is 3.47. The van der Waals surface area contributed by atoms with E-state index >= 15 is 0 Å². The van der Waals surface area contributed by atoms with Gasteiger partial charge < -0.3 is 10.1 Å². The molecule has 4 rings (SSSR count). The highest BCUT2D eigenvalue weighted by Gasteiger charge is 2.27. The number of hydrogen-bond donors (Lipinski definition) is 1. The molecule has 0 fully saturated rings. The molecule has 0 saturated carbocycles. The zero-order chi connectivity index (χ0) is 24.4. The van der Waals surface area contributed by atoms with Gasteiger partial charge in [0.25, 0.3) is 0 Å². The molecule has 0 spiro atoms. The molecule has 182 valence electrons. The van der Waals surface area contributed by atoms with Crippen molar-refractivity contribution in [3.8, 4) is 11.4 Å². The first-order chi connectivity index (χ1) is 16.3. The summed E-state index contributed by atoms with van der Waals surface area (Å²) in [5, 5.41) is 15.3. The molecule has 7 nitrogen and oxygen atoms in total. The fourth-order valence-corrected chi connectivity index (χ4v) is 7.15. The third-order valence-electron chi connectivity index (χ3n) is 5.94. The van der Waals surface area contributed by atoms with Crippen LogP contribution in [0, 0.1) is 13.8 Å². The Labute approximate surface area is 212 Å². The quantitative estimate of drug-likeness (QED) is 0.288. The Bertz CT molecular complexity index is 1210. The van der Waals surface area contributed by atoms with E-state index in [9.17, 15) is 9.59 Å². The summed E-state index contributed by atoms with van der Waals surface area (Å²) in [6.45, 7) is 10.5. The highest BCUT2D eigenvalue weighted by atomic mass is 32.2. The van der Waals surface area contributed by atoms with Gasteiger partial charge in [-0.05, 0) is 71.4 Å². The first-order valence-corrected chi connectivity index (χ1v) is 14.2. The van der Waals surface area contributed by atoms with Gasteiger partial charge in [-0.2, -0.15) is 0 Å². The normalized spacial score (nSPS) is 13.2. The van der Waals surface area contributed by atoms with Crippen LogP contribution in [0.5, 0.6) is 0 Å². The zero-order valence-electron chi connectivity index (χ0n) is 20.2. The third kappa shape index (κ3) is 4.94. The zero-order valence-corrected chi connectivity index (χ0v) is 22.6. The summed E-state index contributed by atoms with van der Waals surface area (Å²) < 4.78 is 7.38. The van der Waals surface area contributed by atoms with Crippen molar-refractivity contribution in [2.45, 2.75) is 71.5 Å². The number of thiophene rings is 2. The number of thioether (sulfide) groups is 1. The summed E-state index contributed by atoms with van der Waals surface area (Å²) in [7, 11) is 0. The number of anilines is 1. The lowest BCUT2D eigenvalue weighted by atomic mass is 9.95. The number of nitrogens with zero attached hydrogens (tertiary/aromatic N) is 3. The Balaban J connectivity index is 1.52. The summed E-state index contributed by atoms with van der Waals surface area (Å²) >= 11 is 4.57. The number of aromatic nitrogens is 3. The molecule has 1 aliphatic rings. The van der Waals surface area contributed by atoms with Gasteiger partial charge in [0.2, 0.25) is 5.91 Å². The fraction of sp³-hybridized carbons (Fsp3) is 0.500. The molecule has 3 aromatic heterocycles. The third-order valence-corrected chi connectivity index (χ3v) is 9.11. The van der Waals surface area contributed by atoms with Crippen LogP contribution in [0.2, 0.25) is 0 Å². The summed E-state index contributed by atoms with van der Waals surface area (Å²) in [5.74, 6) is 0.486. The average molecular weight is 519 g/mol. The van der Waals surface area contributed by atoms with E-state index in [0.717, 1.165) is 42.6 Å². The smallest absolute Gasteiger partial charge is 0.341 e. The minimum absolute atomic E-state index is 0.148. The van der Waals surface area contributed by atoms with Crippen molar-refractivity contribution in [2.75, 3.05) is 17.7 Å². The predicted molar refractivity (Wildman–Crippen MR) is 139 cm³/mol. The van der Waals surface area contributed by atoms with Crippen molar-refractivity contribution in [2.24, 2.45) is 0 Å². The van der Waals surface area contributed by atoms with Crippen LogP contribution in [0.15, 0.2) is 10.5 Å². The van der Waals surface area contributed by atoms with E-state index < -0.39 is 0 Å². The molecule has 0 bridgehead atoms. The van der Waals surface area contributed by atoms with Crippen LogP contribution in [-0.4, -0.2) is 39.0 Å². The first kappa shape index (κ1) is 24.9. The number of rotatable bonds is 8. The lowest BCUT2D eigenvalue weighted by Crippen LogP contribution is -2.17. The van der Waals surface area contributed by atoms with Gasteiger partial charge in [0, 0.05) is 26.7 Å². The number of ether oxygens (including phenoxy) is 1. The highest BCUT2D eigenvalue weighted by molar-refractivity contribution is 7.99. The lowest BCUT2D eigenvalue weighted by molar-refractivity contribution is -0.113. The van der Waals surface area contributed by atoms with Crippen molar-refractivity contribution in [1.82, 2.24) is 14.8 Å². The van der Waals surface area contributed by atoms with Crippen molar-refractivity contribution in [1.29, 1.82) is 0 Å². The molecular weight excluding hydrogens is 488 g/mol. The molecule has 0 atom stereocenters. The van der Waals surface area contributed by atoms with Gasteiger partial charge in [0.05, 0.1) is 17.9 Å². The topological polar surface area (TPSA) is 86.1 Å². The monoisotopic (exact) mass is 518 g/mol. The van der Waals surface area contributed by atoms with Gasteiger partial charge in [-0.25, -0.2) is 4.79 Å². The second-order valence-electron chi connectivity index (χ2n) is 8.57. The van der Waals surface area contributed by atoms with E-state index in [2.05, 4.69) is 53.2 Å². The number of carbonyl (C=O) groups excluding carboxylic acids is 2. The van der Waals surface area contributed by atoms with E-state index in [1.807, 2.05) is 0 Å². The summed E-state index contributed by atoms with van der Waals surface area (Å²) in [6, 6.07) is 0.148. The Morgan fingerprint density at radius 2 is 2.00 bits per heavy atom. The van der Waals surface area contributed by atoms with Crippen molar-refractivity contribution in [3.63, 3.8) is 0 Å². The molecule has 0 aromatic carbocycles. The molecule has 3 aromatic rings. The van der Waals surface area contributed by atoms with Crippen molar-refractivity contribution >= 4 is 51.3 Å². The molecular formula is C24H30N4O3S3. The van der Waals surface area contributed by atoms with Crippen LogP contribution in [0.25, 0.3) is 11.4 Å². The maximum absolute atomic E-state index is 12.9. The molecule has 3 heterocycles. The fourth-order valence-electron chi connectivity index (χ4n) is 4.12. The molecule has 34 heavy (non-hydrogen) atoms. The summed E-state index contributed by atoms with van der Waals surface area (Å²) in [6.07, 6.45) is 3.95. The van der Waals surface area contributed by atoms with Gasteiger partial charge in [0.15, 0.2) is 11.0 Å². The van der Waals surface area contributed by atoms with Gasteiger partial charge in [-0.15, -0.1) is 32.9 Å². The molecule has 0 aliphatic heterocycles. The van der Waals surface area contributed by atoms with E-state index in [1.165, 1.54) is 38.4 Å². The van der Waals surface area contributed by atoms with Crippen LogP contribution in [0.4, 0.5) is 5.00 Å². The molecule has 1 N–H and O–H groups in total. The van der Waals surface area contributed by atoms with Crippen LogP contribution < -0.4 is 5.32 Å². The largest absolute Gasteiger partial charge is 0.462 e. The molecule has 0 radical (unpaired) electrons. The Hall–Kier alpha value is -2.17. The Morgan fingerprint density at radius 1 is 1.24 bits per heavy atom. The number of amides is 1. The van der Waals surface area contributed by atoms with Gasteiger partial charge >= 0.3 is 5.97 Å². The molecule has 0 saturated heterocycles. The number of hydrogen-bond acceptors (Lipinski definition) is 8. The van der Waals surface area contributed by atoms with Crippen molar-refractivity contribution < 1.29 is 14.3 Å². The first-order valence-electron chi connectivity index (χ1n) is 11.6. The molecule has 0 unspecified atom stereocenters. The highest BCUT2D eigenvalue weighted by Crippen LogP contribution is 2.39. The Morgan fingerprint density at radius 3 is 2.68 bits per heavy atom. The van der Waals surface area contributed by atoms with Crippen LogP contribution in [0.1, 0.15) is 70.9 Å². The van der Waals surface area contributed by atoms with Gasteiger partial charge in [-0.1, -0.05) is 11.8 Å². The predicted octanol–water partition coefficient (Wildman–Crippen LogP) is 6.05. The van der Waals surface area contributed by atoms with Crippen molar-refractivity contribution in [3.05, 3.63) is 31.8 Å².